The predicted octanol–water partition coefficient (Wildman–Crippen LogP) is 7.97. The van der Waals surface area contributed by atoms with E-state index in [1.54, 1.807) is 33.4 Å². The van der Waals surface area contributed by atoms with E-state index in [1.807, 2.05) is 0 Å². The van der Waals surface area contributed by atoms with Crippen LogP contribution in [0.15, 0.2) is 24.3 Å². The molecule has 0 saturated carbocycles. The smallest absolute Gasteiger partial charge is 0.0220 e. The van der Waals surface area contributed by atoms with Crippen LogP contribution in [0.2, 0.25) is 0 Å². The van der Waals surface area contributed by atoms with Crippen LogP contribution < -0.4 is 0 Å². The van der Waals surface area contributed by atoms with Gasteiger partial charge in [-0.2, -0.15) is 0 Å². The van der Waals surface area contributed by atoms with E-state index in [-0.39, 0.29) is 0 Å². The predicted molar refractivity (Wildman–Crippen MR) is 118 cm³/mol. The SMILES string of the molecule is CCCCCCCCC12CCCc3c(C)ccc(c31)-c1ccc(C)c(C)c12. The Morgan fingerprint density at radius 3 is 2.22 bits per heavy atom. The van der Waals surface area contributed by atoms with Crippen LogP contribution in [0.4, 0.5) is 0 Å². The quantitative estimate of drug-likeness (QED) is 0.439. The van der Waals surface area contributed by atoms with Gasteiger partial charge in [-0.25, -0.2) is 0 Å². The van der Waals surface area contributed by atoms with Crippen LogP contribution in [0, 0.1) is 20.8 Å². The summed E-state index contributed by atoms with van der Waals surface area (Å²) in [6, 6.07) is 9.56. The van der Waals surface area contributed by atoms with Gasteiger partial charge in [0.15, 0.2) is 0 Å². The van der Waals surface area contributed by atoms with Crippen LogP contribution in [0.1, 0.15) is 98.1 Å². The minimum atomic E-state index is 0.297. The molecule has 1 unspecified atom stereocenters. The highest BCUT2D eigenvalue weighted by atomic mass is 14.5. The van der Waals surface area contributed by atoms with Crippen molar-refractivity contribution in [2.45, 2.75) is 97.3 Å². The molecule has 144 valence electrons. The highest BCUT2D eigenvalue weighted by Gasteiger charge is 2.46. The Balaban J connectivity index is 1.76. The number of benzene rings is 2. The van der Waals surface area contributed by atoms with E-state index in [0.717, 1.165) is 0 Å². The van der Waals surface area contributed by atoms with Crippen molar-refractivity contribution in [3.05, 3.63) is 57.6 Å². The second-order valence-electron chi connectivity index (χ2n) is 9.17. The van der Waals surface area contributed by atoms with E-state index >= 15 is 0 Å². The summed E-state index contributed by atoms with van der Waals surface area (Å²) < 4.78 is 0. The van der Waals surface area contributed by atoms with E-state index in [0.29, 0.717) is 5.41 Å². The third-order valence-electron chi connectivity index (χ3n) is 7.52. The molecule has 0 spiro atoms. The van der Waals surface area contributed by atoms with Gasteiger partial charge in [0.05, 0.1) is 0 Å². The van der Waals surface area contributed by atoms with Gasteiger partial charge in [0, 0.05) is 5.41 Å². The lowest BCUT2D eigenvalue weighted by Crippen LogP contribution is -2.31. The van der Waals surface area contributed by atoms with Gasteiger partial charge in [0.2, 0.25) is 0 Å². The zero-order valence-corrected chi connectivity index (χ0v) is 17.9. The van der Waals surface area contributed by atoms with Crippen LogP contribution in [-0.2, 0) is 11.8 Å². The molecule has 1 atom stereocenters. The zero-order chi connectivity index (χ0) is 19.0. The van der Waals surface area contributed by atoms with Gasteiger partial charge in [-0.15, -0.1) is 0 Å². The Bertz CT molecular complexity index is 842. The summed E-state index contributed by atoms with van der Waals surface area (Å²) in [5, 5.41) is 0. The molecule has 0 bridgehead atoms. The topological polar surface area (TPSA) is 0 Å². The van der Waals surface area contributed by atoms with E-state index in [9.17, 15) is 0 Å². The average molecular weight is 361 g/mol. The normalized spacial score (nSPS) is 19.9. The third-order valence-corrected chi connectivity index (χ3v) is 7.52. The Morgan fingerprint density at radius 2 is 1.44 bits per heavy atom. The summed E-state index contributed by atoms with van der Waals surface area (Å²) in [6.07, 6.45) is 13.7. The molecule has 0 heteroatoms. The van der Waals surface area contributed by atoms with Gasteiger partial charge in [0.1, 0.15) is 0 Å². The van der Waals surface area contributed by atoms with Crippen molar-refractivity contribution >= 4 is 0 Å². The van der Waals surface area contributed by atoms with Crippen LogP contribution in [0.25, 0.3) is 11.1 Å². The molecule has 0 N–H and O–H groups in total. The first-order valence-corrected chi connectivity index (χ1v) is 11.3. The first-order valence-electron chi connectivity index (χ1n) is 11.3. The van der Waals surface area contributed by atoms with Crippen molar-refractivity contribution in [3.8, 4) is 11.1 Å². The lowest BCUT2D eigenvalue weighted by molar-refractivity contribution is 0.385. The van der Waals surface area contributed by atoms with Crippen molar-refractivity contribution in [2.75, 3.05) is 0 Å². The molecular weight excluding hydrogens is 324 g/mol. The van der Waals surface area contributed by atoms with E-state index in [2.05, 4.69) is 52.0 Å². The lowest BCUT2D eigenvalue weighted by atomic mass is 9.64. The molecular formula is C27H36. The second kappa shape index (κ2) is 7.46. The Labute approximate surface area is 166 Å². The molecule has 2 aromatic carbocycles. The van der Waals surface area contributed by atoms with Gasteiger partial charge in [-0.1, -0.05) is 69.7 Å². The maximum atomic E-state index is 2.43. The fraction of sp³-hybridized carbons (Fsp3) is 0.556. The molecule has 0 saturated heterocycles. The Morgan fingerprint density at radius 1 is 0.778 bits per heavy atom. The number of fused-ring (bicyclic) bond motifs is 3. The van der Waals surface area contributed by atoms with E-state index in [4.69, 9.17) is 0 Å². The first kappa shape index (κ1) is 18.8. The standard InChI is InChI=1S/C27H36/c1-5-6-7-8-9-10-17-27-18-11-12-22-20(3)14-16-24(26(22)27)23-15-13-19(2)21(4)25(23)27/h13-16H,5-12,17-18H2,1-4H3. The van der Waals surface area contributed by atoms with Gasteiger partial charge in [0.25, 0.3) is 0 Å². The molecule has 27 heavy (non-hydrogen) atoms. The number of unbranched alkanes of at least 4 members (excludes halogenated alkanes) is 5. The average Bonchev–Trinajstić information content (AvgIpc) is 2.96. The highest BCUT2D eigenvalue weighted by molar-refractivity contribution is 5.85. The van der Waals surface area contributed by atoms with Gasteiger partial charge in [-0.3, -0.25) is 0 Å². The molecule has 2 aromatic rings. The first-order chi connectivity index (χ1) is 13.1. The van der Waals surface area contributed by atoms with Crippen molar-refractivity contribution in [1.29, 1.82) is 0 Å². The minimum absolute atomic E-state index is 0.297. The molecule has 0 radical (unpaired) electrons. The zero-order valence-electron chi connectivity index (χ0n) is 17.9. The fourth-order valence-corrected chi connectivity index (χ4v) is 6.03. The molecule has 0 aliphatic heterocycles. The summed E-state index contributed by atoms with van der Waals surface area (Å²) in [5.74, 6) is 0. The van der Waals surface area contributed by atoms with Gasteiger partial charge in [-0.05, 0) is 91.0 Å². The molecule has 0 amide bonds. The van der Waals surface area contributed by atoms with Crippen molar-refractivity contribution in [1.82, 2.24) is 0 Å². The van der Waals surface area contributed by atoms with Crippen LogP contribution >= 0.6 is 0 Å². The van der Waals surface area contributed by atoms with Crippen molar-refractivity contribution in [2.24, 2.45) is 0 Å². The monoisotopic (exact) mass is 360 g/mol. The Hall–Kier alpha value is -1.56. The number of hydrogen-bond donors (Lipinski definition) is 0. The Kier molecular flexibility index (Phi) is 5.19. The van der Waals surface area contributed by atoms with Gasteiger partial charge >= 0.3 is 0 Å². The maximum absolute atomic E-state index is 2.43. The van der Waals surface area contributed by atoms with Crippen LogP contribution in [-0.4, -0.2) is 0 Å². The largest absolute Gasteiger partial charge is 0.0654 e. The minimum Gasteiger partial charge on any atom is -0.0654 e. The van der Waals surface area contributed by atoms with Crippen molar-refractivity contribution < 1.29 is 0 Å². The number of hydrogen-bond acceptors (Lipinski definition) is 0. The molecule has 0 heterocycles. The van der Waals surface area contributed by atoms with Crippen LogP contribution in [0.3, 0.4) is 0 Å². The maximum Gasteiger partial charge on any atom is 0.0220 e. The molecule has 2 aliphatic rings. The summed E-state index contributed by atoms with van der Waals surface area (Å²) in [6.45, 7) is 9.32. The summed E-state index contributed by atoms with van der Waals surface area (Å²) in [4.78, 5) is 0. The highest BCUT2D eigenvalue weighted by Crippen LogP contribution is 2.59. The summed E-state index contributed by atoms with van der Waals surface area (Å²) in [7, 11) is 0. The van der Waals surface area contributed by atoms with E-state index < -0.39 is 0 Å². The van der Waals surface area contributed by atoms with Crippen molar-refractivity contribution in [3.63, 3.8) is 0 Å². The lowest BCUT2D eigenvalue weighted by Gasteiger charge is -2.39. The molecule has 0 aromatic heterocycles. The fourth-order valence-electron chi connectivity index (χ4n) is 6.03. The second-order valence-corrected chi connectivity index (χ2v) is 9.17. The third kappa shape index (κ3) is 2.96. The van der Waals surface area contributed by atoms with E-state index in [1.165, 1.54) is 75.3 Å². The summed E-state index contributed by atoms with van der Waals surface area (Å²) in [5.41, 5.74) is 13.0. The van der Waals surface area contributed by atoms with Gasteiger partial charge < -0.3 is 0 Å². The van der Waals surface area contributed by atoms with Crippen LogP contribution in [0.5, 0.6) is 0 Å². The molecule has 2 aliphatic carbocycles. The number of rotatable bonds is 7. The summed E-state index contributed by atoms with van der Waals surface area (Å²) >= 11 is 0. The molecule has 0 nitrogen and oxygen atoms in total. The molecule has 4 rings (SSSR count). The molecule has 0 fully saturated rings. The number of aryl methyl sites for hydroxylation is 2.